The Labute approximate surface area is 186 Å². The van der Waals surface area contributed by atoms with Crippen LogP contribution in [0.4, 0.5) is 0 Å². The maximum Gasteiger partial charge on any atom is 0.337 e. The van der Waals surface area contributed by atoms with E-state index in [2.05, 4.69) is 4.98 Å². The van der Waals surface area contributed by atoms with Gasteiger partial charge in [0.1, 0.15) is 6.61 Å². The van der Waals surface area contributed by atoms with Crippen molar-refractivity contribution in [3.63, 3.8) is 0 Å². The Balaban J connectivity index is 1.68. The lowest BCUT2D eigenvalue weighted by Crippen LogP contribution is -2.08. The van der Waals surface area contributed by atoms with Crippen LogP contribution in [-0.4, -0.2) is 26.5 Å². The van der Waals surface area contributed by atoms with Gasteiger partial charge < -0.3 is 4.74 Å². The summed E-state index contributed by atoms with van der Waals surface area (Å²) < 4.78 is 35.4. The SMILES string of the molecule is COC(=O)c1ccc(-c2cc3ccccc3c(COS(=O)(=O)c3ccc(C)cc3)n2)cc1. The second kappa shape index (κ2) is 8.90. The standard InChI is InChI=1S/C25H21NO5S/c1-17-7-13-21(14-8-17)32(28,29)31-16-24-22-6-4-3-5-20(22)15-23(26-24)18-9-11-19(12-10-18)25(27)30-2/h3-15H,16H2,1-2H3. The molecule has 4 rings (SSSR count). The van der Waals surface area contributed by atoms with E-state index in [9.17, 15) is 13.2 Å². The Morgan fingerprint density at radius 2 is 1.62 bits per heavy atom. The van der Waals surface area contributed by atoms with Crippen LogP contribution in [0.1, 0.15) is 21.6 Å². The maximum absolute atomic E-state index is 12.6. The van der Waals surface area contributed by atoms with Gasteiger partial charge in [-0.3, -0.25) is 4.18 Å². The van der Waals surface area contributed by atoms with Crippen molar-refractivity contribution in [1.29, 1.82) is 0 Å². The first-order chi connectivity index (χ1) is 15.4. The number of benzene rings is 3. The number of nitrogens with zero attached hydrogens (tertiary/aromatic N) is 1. The number of methoxy groups -OCH3 is 1. The second-order valence-electron chi connectivity index (χ2n) is 7.27. The van der Waals surface area contributed by atoms with Gasteiger partial charge in [-0.05, 0) is 42.6 Å². The molecule has 7 heteroatoms. The highest BCUT2D eigenvalue weighted by Gasteiger charge is 2.17. The Kier molecular flexibility index (Phi) is 6.03. The zero-order chi connectivity index (χ0) is 22.7. The van der Waals surface area contributed by atoms with E-state index in [-0.39, 0.29) is 11.5 Å². The lowest BCUT2D eigenvalue weighted by molar-refractivity contribution is 0.0600. The molecule has 0 aliphatic carbocycles. The number of pyridine rings is 1. The summed E-state index contributed by atoms with van der Waals surface area (Å²) in [5.74, 6) is -0.418. The van der Waals surface area contributed by atoms with Crippen LogP contribution in [0.25, 0.3) is 22.0 Å². The molecule has 0 spiro atoms. The van der Waals surface area contributed by atoms with Crippen LogP contribution in [0.2, 0.25) is 0 Å². The fourth-order valence-electron chi connectivity index (χ4n) is 3.33. The minimum absolute atomic E-state index is 0.0990. The van der Waals surface area contributed by atoms with E-state index in [1.54, 1.807) is 36.4 Å². The predicted molar refractivity (Wildman–Crippen MR) is 122 cm³/mol. The fourth-order valence-corrected chi connectivity index (χ4v) is 4.20. The highest BCUT2D eigenvalue weighted by molar-refractivity contribution is 7.86. The molecule has 0 unspecified atom stereocenters. The van der Waals surface area contributed by atoms with Gasteiger partial charge in [-0.15, -0.1) is 0 Å². The number of carbonyl (C=O) groups excluding carboxylic acids is 1. The summed E-state index contributed by atoms with van der Waals surface area (Å²) in [7, 11) is -2.60. The third-order valence-corrected chi connectivity index (χ3v) is 6.36. The zero-order valence-electron chi connectivity index (χ0n) is 17.6. The van der Waals surface area contributed by atoms with E-state index in [1.807, 2.05) is 37.3 Å². The van der Waals surface area contributed by atoms with Crippen molar-refractivity contribution in [2.75, 3.05) is 7.11 Å². The van der Waals surface area contributed by atoms with Gasteiger partial charge in [0.05, 0.1) is 29.0 Å². The Bertz CT molecular complexity index is 1380. The number of aryl methyl sites for hydroxylation is 1. The van der Waals surface area contributed by atoms with E-state index in [4.69, 9.17) is 8.92 Å². The van der Waals surface area contributed by atoms with E-state index >= 15 is 0 Å². The molecule has 1 heterocycles. The van der Waals surface area contributed by atoms with Gasteiger partial charge in [-0.2, -0.15) is 8.42 Å². The first kappa shape index (κ1) is 21.7. The molecule has 3 aromatic carbocycles. The normalized spacial score (nSPS) is 11.4. The number of aromatic nitrogens is 1. The lowest BCUT2D eigenvalue weighted by atomic mass is 10.0. The zero-order valence-corrected chi connectivity index (χ0v) is 18.4. The number of fused-ring (bicyclic) bond motifs is 1. The van der Waals surface area contributed by atoms with Crippen LogP contribution in [0.3, 0.4) is 0 Å². The number of hydrogen-bond acceptors (Lipinski definition) is 6. The van der Waals surface area contributed by atoms with Crippen molar-refractivity contribution in [3.05, 3.63) is 95.7 Å². The van der Waals surface area contributed by atoms with Crippen molar-refractivity contribution in [1.82, 2.24) is 4.98 Å². The predicted octanol–water partition coefficient (Wildman–Crippen LogP) is 4.90. The first-order valence-corrected chi connectivity index (χ1v) is 11.3. The first-order valence-electron chi connectivity index (χ1n) is 9.91. The number of rotatable bonds is 6. The molecule has 0 bridgehead atoms. The minimum atomic E-state index is -3.93. The van der Waals surface area contributed by atoms with Crippen LogP contribution in [0.15, 0.2) is 83.8 Å². The highest BCUT2D eigenvalue weighted by atomic mass is 32.2. The third-order valence-electron chi connectivity index (χ3n) is 5.08. The molecule has 32 heavy (non-hydrogen) atoms. The van der Waals surface area contributed by atoms with Crippen LogP contribution in [-0.2, 0) is 25.6 Å². The van der Waals surface area contributed by atoms with Gasteiger partial charge in [0.25, 0.3) is 10.1 Å². The Morgan fingerprint density at radius 1 is 0.938 bits per heavy atom. The molecule has 162 valence electrons. The van der Waals surface area contributed by atoms with Gasteiger partial charge in [0.15, 0.2) is 0 Å². The molecule has 0 radical (unpaired) electrons. The van der Waals surface area contributed by atoms with E-state index in [0.717, 1.165) is 21.9 Å². The van der Waals surface area contributed by atoms with Gasteiger partial charge in [0, 0.05) is 10.9 Å². The average molecular weight is 448 g/mol. The number of carbonyl (C=O) groups is 1. The second-order valence-corrected chi connectivity index (χ2v) is 8.89. The van der Waals surface area contributed by atoms with E-state index < -0.39 is 16.1 Å². The molecule has 0 saturated carbocycles. The van der Waals surface area contributed by atoms with Gasteiger partial charge in [-0.25, -0.2) is 9.78 Å². The summed E-state index contributed by atoms with van der Waals surface area (Å²) >= 11 is 0. The summed E-state index contributed by atoms with van der Waals surface area (Å²) in [5, 5.41) is 1.71. The van der Waals surface area contributed by atoms with Crippen molar-refractivity contribution >= 4 is 26.9 Å². The molecule has 0 fully saturated rings. The summed E-state index contributed by atoms with van der Waals surface area (Å²) in [5.41, 5.74) is 3.33. The van der Waals surface area contributed by atoms with Gasteiger partial charge >= 0.3 is 5.97 Å². The summed E-state index contributed by atoms with van der Waals surface area (Å²) in [6, 6.07) is 22.9. The Hall–Kier alpha value is -3.55. The van der Waals surface area contributed by atoms with Crippen LogP contribution >= 0.6 is 0 Å². The minimum Gasteiger partial charge on any atom is -0.465 e. The quantitative estimate of drug-likeness (QED) is 0.309. The lowest BCUT2D eigenvalue weighted by Gasteiger charge is -2.11. The molecule has 0 saturated heterocycles. The Morgan fingerprint density at radius 3 is 2.31 bits per heavy atom. The largest absolute Gasteiger partial charge is 0.465 e. The summed E-state index contributed by atoms with van der Waals surface area (Å²) in [6.45, 7) is 1.68. The number of hydrogen-bond donors (Lipinski definition) is 0. The molecular formula is C25H21NO5S. The summed E-state index contributed by atoms with van der Waals surface area (Å²) in [6.07, 6.45) is 0. The van der Waals surface area contributed by atoms with E-state index in [0.29, 0.717) is 17.0 Å². The van der Waals surface area contributed by atoms with Crippen LogP contribution in [0, 0.1) is 6.92 Å². The molecule has 0 N–H and O–H groups in total. The molecule has 0 amide bonds. The smallest absolute Gasteiger partial charge is 0.337 e. The van der Waals surface area contributed by atoms with Crippen molar-refractivity contribution in [2.45, 2.75) is 18.4 Å². The van der Waals surface area contributed by atoms with Crippen molar-refractivity contribution < 1.29 is 22.1 Å². The topological polar surface area (TPSA) is 82.6 Å². The maximum atomic E-state index is 12.6. The van der Waals surface area contributed by atoms with Crippen molar-refractivity contribution in [2.24, 2.45) is 0 Å². The van der Waals surface area contributed by atoms with Crippen LogP contribution in [0.5, 0.6) is 0 Å². The molecule has 0 aliphatic rings. The average Bonchev–Trinajstić information content (AvgIpc) is 2.82. The fraction of sp³-hybridized carbons (Fsp3) is 0.120. The molecule has 0 atom stereocenters. The highest BCUT2D eigenvalue weighted by Crippen LogP contribution is 2.27. The van der Waals surface area contributed by atoms with Crippen molar-refractivity contribution in [3.8, 4) is 11.3 Å². The summed E-state index contributed by atoms with van der Waals surface area (Å²) in [4.78, 5) is 16.5. The third kappa shape index (κ3) is 4.54. The van der Waals surface area contributed by atoms with Crippen LogP contribution < -0.4 is 0 Å². The number of ether oxygens (including phenoxy) is 1. The van der Waals surface area contributed by atoms with Gasteiger partial charge in [-0.1, -0.05) is 54.1 Å². The monoisotopic (exact) mass is 447 g/mol. The molecule has 4 aromatic rings. The number of esters is 1. The molecule has 1 aromatic heterocycles. The molecular weight excluding hydrogens is 426 g/mol. The van der Waals surface area contributed by atoms with E-state index in [1.165, 1.54) is 19.2 Å². The van der Waals surface area contributed by atoms with Gasteiger partial charge in [0.2, 0.25) is 0 Å². The molecule has 6 nitrogen and oxygen atoms in total. The molecule has 0 aliphatic heterocycles.